The molecular weight excluding hydrogens is 312 g/mol. The van der Waals surface area contributed by atoms with Gasteiger partial charge in [-0.2, -0.15) is 5.10 Å². The van der Waals surface area contributed by atoms with Crippen LogP contribution in [0.2, 0.25) is 0 Å². The van der Waals surface area contributed by atoms with Crippen molar-refractivity contribution in [2.45, 2.75) is 38.7 Å². The maximum atomic E-state index is 12.8. The van der Waals surface area contributed by atoms with Crippen molar-refractivity contribution < 1.29 is 9.53 Å². The van der Waals surface area contributed by atoms with Crippen molar-refractivity contribution in [2.75, 3.05) is 19.7 Å². The summed E-state index contributed by atoms with van der Waals surface area (Å²) in [5, 5.41) is 7.13. The van der Waals surface area contributed by atoms with Crippen molar-refractivity contribution in [3.8, 4) is 0 Å². The van der Waals surface area contributed by atoms with E-state index in [1.807, 2.05) is 11.8 Å². The molecular formula is C16H20N4O2S. The molecule has 2 aromatic heterocycles. The molecule has 1 N–H and O–H groups in total. The molecule has 0 spiro atoms. The average Bonchev–Trinajstić information content (AvgIpc) is 3.29. The van der Waals surface area contributed by atoms with E-state index in [4.69, 9.17) is 4.74 Å². The molecule has 1 aliphatic carbocycles. The minimum Gasteiger partial charge on any atom is -0.366 e. The van der Waals surface area contributed by atoms with Gasteiger partial charge in [0.25, 0.3) is 5.91 Å². The molecule has 1 atom stereocenters. The molecule has 0 saturated carbocycles. The fraction of sp³-hybridized carbons (Fsp3) is 0.562. The van der Waals surface area contributed by atoms with Gasteiger partial charge in [0.1, 0.15) is 11.9 Å². The Morgan fingerprint density at radius 2 is 2.43 bits per heavy atom. The monoisotopic (exact) mass is 332 g/mol. The van der Waals surface area contributed by atoms with Gasteiger partial charge in [-0.1, -0.05) is 6.92 Å². The molecule has 1 fully saturated rings. The third kappa shape index (κ3) is 2.79. The van der Waals surface area contributed by atoms with E-state index in [1.54, 1.807) is 11.3 Å². The Morgan fingerprint density at radius 3 is 3.22 bits per heavy atom. The van der Waals surface area contributed by atoms with Crippen molar-refractivity contribution in [1.82, 2.24) is 20.1 Å². The molecule has 4 rings (SSSR count). The number of nitrogens with one attached hydrogen (secondary N) is 1. The Balaban J connectivity index is 1.48. The standard InChI is InChI=1S/C16H20N4O2S/c1-2-14-17-15(19-18-14)11-9-20(6-7-22-11)16(21)13-8-10-4-3-5-12(10)23-13/h8,11H,2-7,9H2,1H3,(H,17,18,19)/t11-/m0/s1. The third-order valence-corrected chi connectivity index (χ3v) is 5.71. The number of thiophene rings is 1. The summed E-state index contributed by atoms with van der Waals surface area (Å²) in [6.07, 6.45) is 4.02. The summed E-state index contributed by atoms with van der Waals surface area (Å²) in [6, 6.07) is 2.09. The maximum absolute atomic E-state index is 12.8. The van der Waals surface area contributed by atoms with Gasteiger partial charge < -0.3 is 9.64 Å². The molecule has 2 aromatic rings. The van der Waals surface area contributed by atoms with Crippen molar-refractivity contribution >= 4 is 17.2 Å². The van der Waals surface area contributed by atoms with Gasteiger partial charge in [0.2, 0.25) is 0 Å². The highest BCUT2D eigenvalue weighted by Gasteiger charge is 2.30. The number of morpholine rings is 1. The number of aromatic amines is 1. The molecule has 1 amide bonds. The molecule has 2 aliphatic rings. The lowest BCUT2D eigenvalue weighted by Gasteiger charge is -2.31. The molecule has 23 heavy (non-hydrogen) atoms. The summed E-state index contributed by atoms with van der Waals surface area (Å²) < 4.78 is 5.76. The van der Waals surface area contributed by atoms with Gasteiger partial charge in [-0.05, 0) is 30.9 Å². The van der Waals surface area contributed by atoms with Crippen LogP contribution in [0.15, 0.2) is 6.07 Å². The highest BCUT2D eigenvalue weighted by Crippen LogP contribution is 2.32. The number of hydrogen-bond acceptors (Lipinski definition) is 5. The lowest BCUT2D eigenvalue weighted by atomic mass is 10.2. The molecule has 0 bridgehead atoms. The predicted molar refractivity (Wildman–Crippen MR) is 86.7 cm³/mol. The van der Waals surface area contributed by atoms with Crippen molar-refractivity contribution in [3.63, 3.8) is 0 Å². The number of rotatable bonds is 3. The number of fused-ring (bicyclic) bond motifs is 1. The Bertz CT molecular complexity index is 702. The summed E-state index contributed by atoms with van der Waals surface area (Å²) in [4.78, 5) is 21.3. The number of ether oxygens (including phenoxy) is 1. The fourth-order valence-corrected chi connectivity index (χ4v) is 4.41. The largest absolute Gasteiger partial charge is 0.366 e. The third-order valence-electron chi connectivity index (χ3n) is 4.48. The van der Waals surface area contributed by atoms with E-state index in [9.17, 15) is 4.79 Å². The second-order valence-corrected chi connectivity index (χ2v) is 7.15. The number of hydrogen-bond donors (Lipinski definition) is 1. The van der Waals surface area contributed by atoms with Crippen LogP contribution in [0, 0.1) is 0 Å². The summed E-state index contributed by atoms with van der Waals surface area (Å²) >= 11 is 1.66. The van der Waals surface area contributed by atoms with Crippen LogP contribution in [0.5, 0.6) is 0 Å². The van der Waals surface area contributed by atoms with Crippen molar-refractivity contribution in [1.29, 1.82) is 0 Å². The number of H-pyrrole nitrogens is 1. The van der Waals surface area contributed by atoms with Crippen LogP contribution in [0.25, 0.3) is 0 Å². The van der Waals surface area contributed by atoms with E-state index in [-0.39, 0.29) is 12.0 Å². The van der Waals surface area contributed by atoms with E-state index in [0.29, 0.717) is 25.5 Å². The lowest BCUT2D eigenvalue weighted by Crippen LogP contribution is -2.42. The normalized spacial score (nSPS) is 20.7. The lowest BCUT2D eigenvalue weighted by molar-refractivity contribution is -0.0265. The molecule has 0 aromatic carbocycles. The zero-order valence-corrected chi connectivity index (χ0v) is 14.0. The van der Waals surface area contributed by atoms with Gasteiger partial charge >= 0.3 is 0 Å². The number of nitrogens with zero attached hydrogens (tertiary/aromatic N) is 3. The Kier molecular flexibility index (Phi) is 3.90. The minimum atomic E-state index is -0.240. The Morgan fingerprint density at radius 1 is 1.52 bits per heavy atom. The van der Waals surface area contributed by atoms with Crippen LogP contribution < -0.4 is 0 Å². The quantitative estimate of drug-likeness (QED) is 0.935. The van der Waals surface area contributed by atoms with Crippen LogP contribution >= 0.6 is 11.3 Å². The Labute approximate surface area is 138 Å². The molecule has 3 heterocycles. The SMILES string of the molecule is CCc1nc([C@@H]2CN(C(=O)c3cc4c(s3)CCC4)CCO2)n[nH]1. The van der Waals surface area contributed by atoms with Crippen LogP contribution in [-0.4, -0.2) is 45.7 Å². The Hall–Kier alpha value is -1.73. The van der Waals surface area contributed by atoms with Gasteiger partial charge in [0.15, 0.2) is 5.82 Å². The zero-order chi connectivity index (χ0) is 15.8. The average molecular weight is 332 g/mol. The van der Waals surface area contributed by atoms with Gasteiger partial charge in [0, 0.05) is 17.8 Å². The topological polar surface area (TPSA) is 71.1 Å². The first-order valence-electron chi connectivity index (χ1n) is 8.18. The summed E-state index contributed by atoms with van der Waals surface area (Å²) in [5.74, 6) is 1.61. The summed E-state index contributed by atoms with van der Waals surface area (Å²) in [5.41, 5.74) is 1.37. The predicted octanol–water partition coefficient (Wildman–Crippen LogP) is 2.13. The van der Waals surface area contributed by atoms with Gasteiger partial charge in [-0.3, -0.25) is 9.89 Å². The first-order valence-corrected chi connectivity index (χ1v) is 9.00. The highest BCUT2D eigenvalue weighted by atomic mass is 32.1. The maximum Gasteiger partial charge on any atom is 0.264 e. The molecule has 7 heteroatoms. The molecule has 1 aliphatic heterocycles. The zero-order valence-electron chi connectivity index (χ0n) is 13.2. The van der Waals surface area contributed by atoms with Gasteiger partial charge in [0.05, 0.1) is 18.0 Å². The highest BCUT2D eigenvalue weighted by molar-refractivity contribution is 7.14. The first kappa shape index (κ1) is 14.8. The van der Waals surface area contributed by atoms with E-state index in [1.165, 1.54) is 16.9 Å². The van der Waals surface area contributed by atoms with Crippen LogP contribution in [0.4, 0.5) is 0 Å². The second kappa shape index (κ2) is 6.05. The molecule has 1 saturated heterocycles. The van der Waals surface area contributed by atoms with E-state index >= 15 is 0 Å². The van der Waals surface area contributed by atoms with E-state index < -0.39 is 0 Å². The van der Waals surface area contributed by atoms with E-state index in [2.05, 4.69) is 21.2 Å². The first-order chi connectivity index (χ1) is 11.2. The van der Waals surface area contributed by atoms with Crippen LogP contribution in [0.3, 0.4) is 0 Å². The molecule has 6 nitrogen and oxygen atoms in total. The van der Waals surface area contributed by atoms with Crippen LogP contribution in [-0.2, 0) is 24.0 Å². The van der Waals surface area contributed by atoms with E-state index in [0.717, 1.165) is 30.0 Å². The molecule has 0 radical (unpaired) electrons. The molecule has 0 unspecified atom stereocenters. The smallest absolute Gasteiger partial charge is 0.264 e. The van der Waals surface area contributed by atoms with Crippen molar-refractivity contribution in [3.05, 3.63) is 33.0 Å². The van der Waals surface area contributed by atoms with Crippen molar-refractivity contribution in [2.24, 2.45) is 0 Å². The minimum absolute atomic E-state index is 0.115. The van der Waals surface area contributed by atoms with Gasteiger partial charge in [-0.25, -0.2) is 4.98 Å². The fourth-order valence-electron chi connectivity index (χ4n) is 3.19. The summed E-state index contributed by atoms with van der Waals surface area (Å²) in [6.45, 7) is 3.70. The number of aryl methyl sites for hydroxylation is 3. The number of amides is 1. The summed E-state index contributed by atoms with van der Waals surface area (Å²) in [7, 11) is 0. The van der Waals surface area contributed by atoms with Gasteiger partial charge in [-0.15, -0.1) is 11.3 Å². The molecule has 122 valence electrons. The van der Waals surface area contributed by atoms with Crippen LogP contribution in [0.1, 0.15) is 51.2 Å². The number of aromatic nitrogens is 3. The second-order valence-electron chi connectivity index (χ2n) is 6.02. The number of carbonyl (C=O) groups is 1. The number of carbonyl (C=O) groups excluding carboxylic acids is 1.